The topological polar surface area (TPSA) is 116 Å². The van der Waals surface area contributed by atoms with E-state index in [0.29, 0.717) is 5.56 Å². The largest absolute Gasteiger partial charge is 0.480 e. The standard InChI is InChI=1S/C32H34N2O6/c1-20(2)19-34(28-30(37)40-32(28,39)26-16-15-23-9-6-10-25(23)18-26)31(38)33-27(29(35)36)17-21-11-13-24(14-12-21)22-7-4-3-5-8-22/h3-5,7-8,11-16,18,20,27-28,39H,6,9-10,17,19H2,1-2H3,(H,33,38)(H,35,36)/t27-,28?,32?/m0/s1. The lowest BCUT2D eigenvalue weighted by Crippen LogP contribution is -2.70. The van der Waals surface area contributed by atoms with Gasteiger partial charge in [0.05, 0.1) is 0 Å². The highest BCUT2D eigenvalue weighted by molar-refractivity contribution is 5.90. The Bertz CT molecular complexity index is 1400. The van der Waals surface area contributed by atoms with Gasteiger partial charge < -0.3 is 25.2 Å². The Morgan fingerprint density at radius 1 is 1.00 bits per heavy atom. The van der Waals surface area contributed by atoms with Crippen molar-refractivity contribution in [2.45, 2.75) is 57.4 Å². The van der Waals surface area contributed by atoms with Crippen molar-refractivity contribution < 1.29 is 29.3 Å². The summed E-state index contributed by atoms with van der Waals surface area (Å²) in [6.45, 7) is 3.88. The Labute approximate surface area is 233 Å². The van der Waals surface area contributed by atoms with E-state index in [2.05, 4.69) is 5.32 Å². The number of urea groups is 1. The highest BCUT2D eigenvalue weighted by Gasteiger charge is 2.61. The van der Waals surface area contributed by atoms with Crippen LogP contribution in [-0.2, 0) is 39.4 Å². The minimum absolute atomic E-state index is 0.0515. The summed E-state index contributed by atoms with van der Waals surface area (Å²) < 4.78 is 5.27. The molecule has 2 unspecified atom stereocenters. The first-order chi connectivity index (χ1) is 19.2. The van der Waals surface area contributed by atoms with Crippen LogP contribution in [0.15, 0.2) is 72.8 Å². The van der Waals surface area contributed by atoms with E-state index >= 15 is 0 Å². The van der Waals surface area contributed by atoms with E-state index in [1.807, 2.05) is 80.6 Å². The van der Waals surface area contributed by atoms with Crippen LogP contribution in [0.1, 0.15) is 42.5 Å². The molecule has 0 saturated carbocycles. The number of carbonyl (C=O) groups excluding carboxylic acids is 2. The summed E-state index contributed by atoms with van der Waals surface area (Å²) in [7, 11) is 0. The van der Waals surface area contributed by atoms with Crippen molar-refractivity contribution in [2.24, 2.45) is 5.92 Å². The average Bonchev–Trinajstić information content (AvgIpc) is 3.41. The van der Waals surface area contributed by atoms with Gasteiger partial charge in [0, 0.05) is 18.5 Å². The second kappa shape index (κ2) is 11.1. The zero-order chi connectivity index (χ0) is 28.4. The number of amides is 2. The maximum atomic E-state index is 13.5. The number of hydrogen-bond acceptors (Lipinski definition) is 5. The van der Waals surface area contributed by atoms with E-state index in [4.69, 9.17) is 4.74 Å². The number of ether oxygens (including phenoxy) is 1. The van der Waals surface area contributed by atoms with Gasteiger partial charge in [-0.25, -0.2) is 14.4 Å². The molecule has 1 saturated heterocycles. The van der Waals surface area contributed by atoms with Gasteiger partial charge in [-0.15, -0.1) is 0 Å². The molecule has 3 N–H and O–H groups in total. The highest BCUT2D eigenvalue weighted by Crippen LogP contribution is 2.41. The van der Waals surface area contributed by atoms with Crippen LogP contribution in [0.25, 0.3) is 11.1 Å². The molecule has 3 atom stereocenters. The quantitative estimate of drug-likeness (QED) is 0.348. The molecule has 3 aromatic carbocycles. The molecule has 0 aromatic heterocycles. The molecule has 0 radical (unpaired) electrons. The van der Waals surface area contributed by atoms with Gasteiger partial charge in [0.2, 0.25) is 6.04 Å². The highest BCUT2D eigenvalue weighted by atomic mass is 16.7. The molecular weight excluding hydrogens is 508 g/mol. The smallest absolute Gasteiger partial charge is 0.339 e. The van der Waals surface area contributed by atoms with Crippen molar-refractivity contribution in [1.82, 2.24) is 10.2 Å². The van der Waals surface area contributed by atoms with Crippen molar-refractivity contribution in [3.8, 4) is 11.1 Å². The maximum absolute atomic E-state index is 13.5. The van der Waals surface area contributed by atoms with Crippen LogP contribution in [0.2, 0.25) is 0 Å². The number of aliphatic carboxylic acids is 1. The fourth-order valence-electron chi connectivity index (χ4n) is 5.55. The molecule has 1 heterocycles. The Morgan fingerprint density at radius 3 is 2.33 bits per heavy atom. The van der Waals surface area contributed by atoms with Gasteiger partial charge in [-0.3, -0.25) is 0 Å². The Hall–Kier alpha value is -4.17. The summed E-state index contributed by atoms with van der Waals surface area (Å²) in [4.78, 5) is 39.6. The number of nitrogens with zero attached hydrogens (tertiary/aromatic N) is 1. The zero-order valence-electron chi connectivity index (χ0n) is 22.7. The number of nitrogens with one attached hydrogen (secondary N) is 1. The molecule has 0 spiro atoms. The van der Waals surface area contributed by atoms with E-state index in [1.54, 1.807) is 6.07 Å². The third kappa shape index (κ3) is 5.45. The average molecular weight is 543 g/mol. The lowest BCUT2D eigenvalue weighted by atomic mass is 9.89. The summed E-state index contributed by atoms with van der Waals surface area (Å²) in [6, 6.07) is 19.5. The molecule has 1 aliphatic carbocycles. The number of rotatable bonds is 9. The van der Waals surface area contributed by atoms with Gasteiger partial charge in [-0.2, -0.15) is 0 Å². The van der Waals surface area contributed by atoms with Crippen molar-refractivity contribution >= 4 is 18.0 Å². The molecule has 40 heavy (non-hydrogen) atoms. The number of aliphatic hydroxyl groups is 1. The van der Waals surface area contributed by atoms with Crippen molar-refractivity contribution in [2.75, 3.05) is 6.54 Å². The number of hydrogen-bond donors (Lipinski definition) is 3. The third-order valence-corrected chi connectivity index (χ3v) is 7.59. The molecule has 3 aromatic rings. The normalized spacial score (nSPS) is 20.3. The fourth-order valence-corrected chi connectivity index (χ4v) is 5.55. The molecule has 208 valence electrons. The molecule has 5 rings (SSSR count). The van der Waals surface area contributed by atoms with Gasteiger partial charge >= 0.3 is 18.0 Å². The number of carbonyl (C=O) groups is 3. The van der Waals surface area contributed by atoms with Crippen LogP contribution in [0, 0.1) is 5.92 Å². The van der Waals surface area contributed by atoms with E-state index in [0.717, 1.165) is 41.5 Å². The molecule has 2 aliphatic rings. The molecule has 1 fully saturated rings. The van der Waals surface area contributed by atoms with Crippen LogP contribution in [0.5, 0.6) is 0 Å². The number of esters is 1. The first kappa shape index (κ1) is 27.4. The van der Waals surface area contributed by atoms with Crippen LogP contribution in [0.4, 0.5) is 4.79 Å². The predicted octanol–water partition coefficient (Wildman–Crippen LogP) is 4.28. The van der Waals surface area contributed by atoms with Crippen LogP contribution in [-0.4, -0.2) is 51.7 Å². The zero-order valence-corrected chi connectivity index (χ0v) is 22.7. The Morgan fingerprint density at radius 2 is 1.68 bits per heavy atom. The molecular formula is C32H34N2O6. The summed E-state index contributed by atoms with van der Waals surface area (Å²) in [6.07, 6.45) is 2.91. The van der Waals surface area contributed by atoms with Crippen molar-refractivity contribution in [3.63, 3.8) is 0 Å². The predicted molar refractivity (Wildman–Crippen MR) is 149 cm³/mol. The molecule has 8 heteroatoms. The second-order valence-electron chi connectivity index (χ2n) is 11.0. The number of carboxylic acid groups (broad SMARTS) is 1. The van der Waals surface area contributed by atoms with E-state index in [1.165, 1.54) is 10.5 Å². The van der Waals surface area contributed by atoms with Gasteiger partial charge in [-0.1, -0.05) is 80.6 Å². The van der Waals surface area contributed by atoms with Gasteiger partial charge in [-0.05, 0) is 59.1 Å². The van der Waals surface area contributed by atoms with Crippen LogP contribution < -0.4 is 5.32 Å². The minimum Gasteiger partial charge on any atom is -0.480 e. The SMILES string of the molecule is CC(C)CN(C(=O)N[C@@H](Cc1ccc(-c2ccccc2)cc1)C(=O)O)C1C(=O)OC1(O)c1ccc2c(c1)CCC2. The first-order valence-corrected chi connectivity index (χ1v) is 13.7. The summed E-state index contributed by atoms with van der Waals surface area (Å²) >= 11 is 0. The Kier molecular flexibility index (Phi) is 7.63. The summed E-state index contributed by atoms with van der Waals surface area (Å²) in [5, 5.41) is 24.0. The van der Waals surface area contributed by atoms with Gasteiger partial charge in [0.25, 0.3) is 5.79 Å². The monoisotopic (exact) mass is 542 g/mol. The molecule has 1 aliphatic heterocycles. The third-order valence-electron chi connectivity index (χ3n) is 7.59. The van der Waals surface area contributed by atoms with E-state index in [9.17, 15) is 24.6 Å². The van der Waals surface area contributed by atoms with Crippen LogP contribution in [0.3, 0.4) is 0 Å². The number of aryl methyl sites for hydroxylation is 2. The first-order valence-electron chi connectivity index (χ1n) is 13.7. The maximum Gasteiger partial charge on any atom is 0.339 e. The number of fused-ring (bicyclic) bond motifs is 1. The summed E-state index contributed by atoms with van der Waals surface area (Å²) in [5.74, 6) is -4.00. The molecule has 2 amide bonds. The lowest BCUT2D eigenvalue weighted by Gasteiger charge is -2.48. The summed E-state index contributed by atoms with van der Waals surface area (Å²) in [5.41, 5.74) is 5.49. The number of benzene rings is 3. The second-order valence-corrected chi connectivity index (χ2v) is 11.0. The fraction of sp³-hybridized carbons (Fsp3) is 0.344. The van der Waals surface area contributed by atoms with E-state index in [-0.39, 0.29) is 18.9 Å². The molecule has 0 bridgehead atoms. The number of carboxylic acids is 1. The number of cyclic esters (lactones) is 1. The molecule has 8 nitrogen and oxygen atoms in total. The minimum atomic E-state index is -2.01. The van der Waals surface area contributed by atoms with Crippen LogP contribution >= 0.6 is 0 Å². The lowest BCUT2D eigenvalue weighted by molar-refractivity contribution is -0.294. The van der Waals surface area contributed by atoms with Crippen molar-refractivity contribution in [3.05, 3.63) is 95.1 Å². The van der Waals surface area contributed by atoms with Gasteiger partial charge in [0.15, 0.2) is 0 Å². The Balaban J connectivity index is 1.34. The van der Waals surface area contributed by atoms with Crippen molar-refractivity contribution in [1.29, 1.82) is 0 Å². The van der Waals surface area contributed by atoms with E-state index < -0.39 is 35.8 Å². The van der Waals surface area contributed by atoms with Gasteiger partial charge in [0.1, 0.15) is 6.04 Å².